The standard InChI is InChI=1S/C10H9ClN2O3/c1-12-9(15)5-13(10(12)16)7-3-2-6(11)4-8(7)14/h2-4,14H,5H2,1H3. The van der Waals surface area contributed by atoms with E-state index in [4.69, 9.17) is 11.6 Å². The normalized spacial score (nSPS) is 16.1. The highest BCUT2D eigenvalue weighted by Gasteiger charge is 2.35. The molecule has 1 aliphatic rings. The van der Waals surface area contributed by atoms with E-state index in [2.05, 4.69) is 0 Å². The number of benzene rings is 1. The third-order valence-electron chi connectivity index (χ3n) is 2.41. The molecule has 0 radical (unpaired) electrons. The largest absolute Gasteiger partial charge is 0.506 e. The molecule has 0 aromatic heterocycles. The summed E-state index contributed by atoms with van der Waals surface area (Å²) in [6.45, 7) is -0.0650. The summed E-state index contributed by atoms with van der Waals surface area (Å²) in [6.07, 6.45) is 0. The first-order valence-corrected chi connectivity index (χ1v) is 4.95. The Hall–Kier alpha value is -1.75. The second-order valence-electron chi connectivity index (χ2n) is 3.45. The van der Waals surface area contributed by atoms with Gasteiger partial charge in [0.2, 0.25) is 5.91 Å². The van der Waals surface area contributed by atoms with Gasteiger partial charge in [0, 0.05) is 18.1 Å². The third kappa shape index (κ3) is 1.59. The number of phenols is 1. The number of anilines is 1. The summed E-state index contributed by atoms with van der Waals surface area (Å²) < 4.78 is 0. The predicted molar refractivity (Wildman–Crippen MR) is 58.6 cm³/mol. The first-order valence-electron chi connectivity index (χ1n) is 4.57. The molecule has 1 saturated heterocycles. The van der Waals surface area contributed by atoms with Crippen LogP contribution in [0.25, 0.3) is 0 Å². The Kier molecular flexibility index (Phi) is 2.47. The molecule has 2 rings (SSSR count). The van der Waals surface area contributed by atoms with Crippen LogP contribution in [-0.4, -0.2) is 35.5 Å². The molecule has 1 N–H and O–H groups in total. The number of phenolic OH excluding ortho intramolecular Hbond substituents is 1. The molecule has 1 fully saturated rings. The summed E-state index contributed by atoms with van der Waals surface area (Å²) in [4.78, 5) is 25.2. The highest BCUT2D eigenvalue weighted by Crippen LogP contribution is 2.32. The molecule has 1 aromatic rings. The second-order valence-corrected chi connectivity index (χ2v) is 3.89. The van der Waals surface area contributed by atoms with Crippen molar-refractivity contribution in [3.05, 3.63) is 23.2 Å². The van der Waals surface area contributed by atoms with E-state index >= 15 is 0 Å². The number of carbonyl (C=O) groups excluding carboxylic acids is 2. The molecule has 1 heterocycles. The summed E-state index contributed by atoms with van der Waals surface area (Å²) in [5.41, 5.74) is 0.284. The Balaban J connectivity index is 2.39. The molecule has 0 bridgehead atoms. The van der Waals surface area contributed by atoms with Gasteiger partial charge in [0.15, 0.2) is 0 Å². The quantitative estimate of drug-likeness (QED) is 0.756. The molecule has 0 spiro atoms. The highest BCUT2D eigenvalue weighted by molar-refractivity contribution is 6.30. The lowest BCUT2D eigenvalue weighted by molar-refractivity contribution is -0.123. The van der Waals surface area contributed by atoms with E-state index in [1.54, 1.807) is 6.07 Å². The van der Waals surface area contributed by atoms with Crippen LogP contribution < -0.4 is 4.90 Å². The van der Waals surface area contributed by atoms with Crippen LogP contribution in [0, 0.1) is 0 Å². The molecular weight excluding hydrogens is 232 g/mol. The average Bonchev–Trinajstić information content (AvgIpc) is 2.46. The number of hydrogen-bond donors (Lipinski definition) is 1. The van der Waals surface area contributed by atoms with Gasteiger partial charge < -0.3 is 5.11 Å². The first kappa shape index (κ1) is 10.8. The monoisotopic (exact) mass is 240 g/mol. The zero-order valence-electron chi connectivity index (χ0n) is 8.48. The van der Waals surface area contributed by atoms with Gasteiger partial charge in [-0.3, -0.25) is 14.6 Å². The summed E-state index contributed by atoms with van der Waals surface area (Å²) in [7, 11) is 1.40. The van der Waals surface area contributed by atoms with Crippen LogP contribution in [0.5, 0.6) is 5.75 Å². The topological polar surface area (TPSA) is 60.9 Å². The van der Waals surface area contributed by atoms with Crippen molar-refractivity contribution < 1.29 is 14.7 Å². The van der Waals surface area contributed by atoms with E-state index in [1.807, 2.05) is 0 Å². The molecule has 0 aliphatic carbocycles. The van der Waals surface area contributed by atoms with E-state index < -0.39 is 6.03 Å². The highest BCUT2D eigenvalue weighted by atomic mass is 35.5. The number of rotatable bonds is 1. The number of aromatic hydroxyl groups is 1. The second kappa shape index (κ2) is 3.68. The fourth-order valence-electron chi connectivity index (χ4n) is 1.51. The summed E-state index contributed by atoms with van der Waals surface area (Å²) in [5.74, 6) is -0.427. The SMILES string of the molecule is CN1C(=O)CN(c2ccc(Cl)cc2O)C1=O. The van der Waals surface area contributed by atoms with Crippen molar-refractivity contribution in [2.45, 2.75) is 0 Å². The van der Waals surface area contributed by atoms with Gasteiger partial charge >= 0.3 is 6.03 Å². The van der Waals surface area contributed by atoms with Crippen LogP contribution in [0.1, 0.15) is 0 Å². The van der Waals surface area contributed by atoms with Gasteiger partial charge in [-0.1, -0.05) is 11.6 Å². The number of likely N-dealkylation sites (N-methyl/N-ethyl adjacent to an activating group) is 1. The number of carbonyl (C=O) groups is 2. The third-order valence-corrected chi connectivity index (χ3v) is 2.65. The summed E-state index contributed by atoms with van der Waals surface area (Å²) in [6, 6.07) is 3.92. The van der Waals surface area contributed by atoms with Crippen molar-refractivity contribution in [3.63, 3.8) is 0 Å². The van der Waals surface area contributed by atoms with Crippen molar-refractivity contribution in [2.24, 2.45) is 0 Å². The minimum Gasteiger partial charge on any atom is -0.506 e. The van der Waals surface area contributed by atoms with Crippen LogP contribution in [0.3, 0.4) is 0 Å². The predicted octanol–water partition coefficient (Wildman–Crippen LogP) is 1.44. The summed E-state index contributed by atoms with van der Waals surface area (Å²) in [5, 5.41) is 10.0. The number of imide groups is 1. The number of nitrogens with zero attached hydrogens (tertiary/aromatic N) is 2. The molecule has 84 valence electrons. The Morgan fingerprint density at radius 3 is 2.56 bits per heavy atom. The maximum atomic E-state index is 11.6. The van der Waals surface area contributed by atoms with Gasteiger partial charge in [-0.2, -0.15) is 0 Å². The van der Waals surface area contributed by atoms with Gasteiger partial charge in [-0.15, -0.1) is 0 Å². The van der Waals surface area contributed by atoms with E-state index in [9.17, 15) is 14.7 Å². The van der Waals surface area contributed by atoms with E-state index in [0.29, 0.717) is 5.02 Å². The Morgan fingerprint density at radius 2 is 2.06 bits per heavy atom. The average molecular weight is 241 g/mol. The molecule has 0 atom stereocenters. The van der Waals surface area contributed by atoms with Gasteiger partial charge in [-0.05, 0) is 12.1 Å². The van der Waals surface area contributed by atoms with E-state index in [1.165, 1.54) is 24.1 Å². The van der Waals surface area contributed by atoms with E-state index in [0.717, 1.165) is 4.90 Å². The van der Waals surface area contributed by atoms with Crippen LogP contribution >= 0.6 is 11.6 Å². The lowest BCUT2D eigenvalue weighted by Crippen LogP contribution is -2.29. The number of hydrogen-bond acceptors (Lipinski definition) is 3. The fourth-order valence-corrected chi connectivity index (χ4v) is 1.68. The molecule has 0 unspecified atom stereocenters. The van der Waals surface area contributed by atoms with Gasteiger partial charge in [0.1, 0.15) is 12.3 Å². The Bertz CT molecular complexity index is 475. The molecule has 1 aliphatic heterocycles. The molecule has 16 heavy (non-hydrogen) atoms. The Labute approximate surface area is 96.8 Å². The lowest BCUT2D eigenvalue weighted by atomic mass is 10.2. The maximum Gasteiger partial charge on any atom is 0.331 e. The van der Waals surface area contributed by atoms with Crippen LogP contribution in [0.15, 0.2) is 18.2 Å². The zero-order chi connectivity index (χ0) is 11.9. The number of amides is 3. The van der Waals surface area contributed by atoms with Crippen LogP contribution in [0.4, 0.5) is 10.5 Å². The summed E-state index contributed by atoms with van der Waals surface area (Å²) >= 11 is 5.68. The molecule has 3 amide bonds. The number of halogens is 1. The maximum absolute atomic E-state index is 11.6. The first-order chi connectivity index (χ1) is 7.50. The van der Waals surface area contributed by atoms with Crippen LogP contribution in [-0.2, 0) is 4.79 Å². The van der Waals surface area contributed by atoms with Gasteiger partial charge in [-0.25, -0.2) is 4.79 Å². The van der Waals surface area contributed by atoms with Crippen molar-refractivity contribution in [1.29, 1.82) is 0 Å². The number of urea groups is 1. The van der Waals surface area contributed by atoms with Crippen molar-refractivity contribution in [2.75, 3.05) is 18.5 Å². The lowest BCUT2D eigenvalue weighted by Gasteiger charge is -2.16. The minimum atomic E-state index is -0.456. The molecular formula is C10H9ClN2O3. The van der Waals surface area contributed by atoms with Gasteiger partial charge in [0.25, 0.3) is 0 Å². The van der Waals surface area contributed by atoms with Gasteiger partial charge in [0.05, 0.1) is 5.69 Å². The molecule has 6 heteroatoms. The minimum absolute atomic E-state index is 0.0650. The van der Waals surface area contributed by atoms with Crippen molar-refractivity contribution >= 4 is 29.2 Å². The van der Waals surface area contributed by atoms with E-state index in [-0.39, 0.29) is 23.9 Å². The smallest absolute Gasteiger partial charge is 0.331 e. The zero-order valence-corrected chi connectivity index (χ0v) is 9.23. The van der Waals surface area contributed by atoms with Crippen molar-refractivity contribution in [3.8, 4) is 5.75 Å². The fraction of sp³-hybridized carbons (Fsp3) is 0.200. The Morgan fingerprint density at radius 1 is 1.38 bits per heavy atom. The van der Waals surface area contributed by atoms with Crippen LogP contribution in [0.2, 0.25) is 5.02 Å². The van der Waals surface area contributed by atoms with Crippen molar-refractivity contribution in [1.82, 2.24) is 4.90 Å². The molecule has 1 aromatic carbocycles. The molecule has 5 nitrogen and oxygen atoms in total. The molecule has 0 saturated carbocycles.